The van der Waals surface area contributed by atoms with Crippen molar-refractivity contribution in [2.24, 2.45) is 11.1 Å². The molecular formula is C15H24N2O. The molecular weight excluding hydrogens is 224 g/mol. The van der Waals surface area contributed by atoms with Crippen LogP contribution in [0.1, 0.15) is 43.6 Å². The molecule has 0 aliphatic heterocycles. The van der Waals surface area contributed by atoms with Crippen LogP contribution in [0, 0.1) is 5.41 Å². The maximum absolute atomic E-state index is 11.0. The second kappa shape index (κ2) is 5.53. The molecule has 0 unspecified atom stereocenters. The van der Waals surface area contributed by atoms with Gasteiger partial charge >= 0.3 is 0 Å². The van der Waals surface area contributed by atoms with E-state index in [2.05, 4.69) is 39.6 Å². The van der Waals surface area contributed by atoms with Crippen molar-refractivity contribution in [3.63, 3.8) is 0 Å². The Kier molecular flexibility index (Phi) is 4.52. The summed E-state index contributed by atoms with van der Waals surface area (Å²) in [7, 11) is 2.12. The standard InChI is InChI=1S/C15H24N2O/c1-11(15(2,3)4)17(5)10-12-6-8-13(9-7-12)14(16)18/h6-9,11H,10H2,1-5H3,(H2,16,18)/t11-/m1/s1. The van der Waals surface area contributed by atoms with E-state index in [1.165, 1.54) is 5.56 Å². The summed E-state index contributed by atoms with van der Waals surface area (Å²) in [5.74, 6) is -0.377. The Bertz CT molecular complexity index is 403. The number of primary amides is 1. The molecule has 0 bridgehead atoms. The predicted molar refractivity (Wildman–Crippen MR) is 75.3 cm³/mol. The highest BCUT2D eigenvalue weighted by Gasteiger charge is 2.23. The van der Waals surface area contributed by atoms with Gasteiger partial charge in [0.1, 0.15) is 0 Å². The topological polar surface area (TPSA) is 46.3 Å². The molecule has 0 fully saturated rings. The van der Waals surface area contributed by atoms with E-state index >= 15 is 0 Å². The van der Waals surface area contributed by atoms with E-state index in [4.69, 9.17) is 5.73 Å². The largest absolute Gasteiger partial charge is 0.366 e. The van der Waals surface area contributed by atoms with E-state index < -0.39 is 0 Å². The van der Waals surface area contributed by atoms with Crippen molar-refractivity contribution >= 4 is 5.91 Å². The molecule has 0 saturated carbocycles. The summed E-state index contributed by atoms with van der Waals surface area (Å²) in [4.78, 5) is 13.3. The monoisotopic (exact) mass is 248 g/mol. The number of nitrogens with zero attached hydrogens (tertiary/aromatic N) is 1. The van der Waals surface area contributed by atoms with Crippen molar-refractivity contribution in [1.29, 1.82) is 0 Å². The second-order valence-corrected chi connectivity index (χ2v) is 6.02. The fraction of sp³-hybridized carbons (Fsp3) is 0.533. The lowest BCUT2D eigenvalue weighted by Gasteiger charge is -2.35. The van der Waals surface area contributed by atoms with Crippen LogP contribution in [0.25, 0.3) is 0 Å². The fourth-order valence-corrected chi connectivity index (χ4v) is 1.86. The highest BCUT2D eigenvalue weighted by atomic mass is 16.1. The van der Waals surface area contributed by atoms with Crippen molar-refractivity contribution < 1.29 is 4.79 Å². The zero-order valence-corrected chi connectivity index (χ0v) is 12.0. The van der Waals surface area contributed by atoms with Gasteiger partial charge in [-0.3, -0.25) is 9.69 Å². The number of nitrogens with two attached hydrogens (primary N) is 1. The van der Waals surface area contributed by atoms with Gasteiger partial charge in [0.15, 0.2) is 0 Å². The summed E-state index contributed by atoms with van der Waals surface area (Å²) in [6, 6.07) is 7.98. The summed E-state index contributed by atoms with van der Waals surface area (Å²) in [6.07, 6.45) is 0. The van der Waals surface area contributed by atoms with Crippen molar-refractivity contribution in [2.75, 3.05) is 7.05 Å². The van der Waals surface area contributed by atoms with Crippen LogP contribution >= 0.6 is 0 Å². The van der Waals surface area contributed by atoms with Crippen LogP contribution in [0.2, 0.25) is 0 Å². The number of carbonyl (C=O) groups excluding carboxylic acids is 1. The number of carbonyl (C=O) groups is 1. The van der Waals surface area contributed by atoms with Crippen molar-refractivity contribution in [1.82, 2.24) is 4.90 Å². The first-order valence-corrected chi connectivity index (χ1v) is 6.31. The van der Waals surface area contributed by atoms with Crippen LogP contribution in [0.15, 0.2) is 24.3 Å². The van der Waals surface area contributed by atoms with Gasteiger partial charge in [0.25, 0.3) is 0 Å². The third-order valence-electron chi connectivity index (χ3n) is 3.58. The number of benzene rings is 1. The summed E-state index contributed by atoms with van der Waals surface area (Å²) < 4.78 is 0. The van der Waals surface area contributed by atoms with Crippen molar-refractivity contribution in [2.45, 2.75) is 40.3 Å². The molecule has 100 valence electrons. The van der Waals surface area contributed by atoms with E-state index in [1.54, 1.807) is 12.1 Å². The quantitative estimate of drug-likeness (QED) is 0.890. The maximum atomic E-state index is 11.0. The zero-order chi connectivity index (χ0) is 13.9. The van der Waals surface area contributed by atoms with Crippen LogP contribution in [0.4, 0.5) is 0 Å². The van der Waals surface area contributed by atoms with Gasteiger partial charge in [-0.15, -0.1) is 0 Å². The molecule has 0 spiro atoms. The molecule has 1 rings (SSSR count). The lowest BCUT2D eigenvalue weighted by molar-refractivity contribution is 0.100. The molecule has 1 aromatic rings. The minimum atomic E-state index is -0.377. The van der Waals surface area contributed by atoms with E-state index in [0.29, 0.717) is 11.6 Å². The molecule has 1 amide bonds. The summed E-state index contributed by atoms with van der Waals surface area (Å²) >= 11 is 0. The number of rotatable bonds is 4. The average molecular weight is 248 g/mol. The first-order valence-electron chi connectivity index (χ1n) is 6.31. The van der Waals surface area contributed by atoms with Gasteiger partial charge in [0.2, 0.25) is 5.91 Å². The first kappa shape index (κ1) is 14.7. The van der Waals surface area contributed by atoms with Gasteiger partial charge in [-0.1, -0.05) is 32.9 Å². The van der Waals surface area contributed by atoms with Crippen molar-refractivity contribution in [3.8, 4) is 0 Å². The molecule has 3 nitrogen and oxygen atoms in total. The Labute approximate surface area is 110 Å². The molecule has 18 heavy (non-hydrogen) atoms. The van der Waals surface area contributed by atoms with Gasteiger partial charge in [-0.2, -0.15) is 0 Å². The van der Waals surface area contributed by atoms with Crippen LogP contribution < -0.4 is 5.73 Å². The van der Waals surface area contributed by atoms with E-state index in [1.807, 2.05) is 12.1 Å². The van der Waals surface area contributed by atoms with Crippen LogP contribution in [-0.4, -0.2) is 23.9 Å². The molecule has 3 heteroatoms. The smallest absolute Gasteiger partial charge is 0.248 e. The minimum Gasteiger partial charge on any atom is -0.366 e. The Morgan fingerprint density at radius 1 is 1.28 bits per heavy atom. The molecule has 0 aliphatic carbocycles. The van der Waals surface area contributed by atoms with Gasteiger partial charge < -0.3 is 5.73 Å². The summed E-state index contributed by atoms with van der Waals surface area (Å²) in [5.41, 5.74) is 7.23. The molecule has 1 atom stereocenters. The SMILES string of the molecule is C[C@@H](N(C)Cc1ccc(C(N)=O)cc1)C(C)(C)C. The van der Waals surface area contributed by atoms with Crippen LogP contribution in [0.3, 0.4) is 0 Å². The number of hydrogen-bond donors (Lipinski definition) is 1. The molecule has 1 aromatic carbocycles. The Morgan fingerprint density at radius 3 is 2.17 bits per heavy atom. The maximum Gasteiger partial charge on any atom is 0.248 e. The van der Waals surface area contributed by atoms with E-state index in [9.17, 15) is 4.79 Å². The Morgan fingerprint density at radius 2 is 1.78 bits per heavy atom. The third kappa shape index (κ3) is 3.84. The third-order valence-corrected chi connectivity index (χ3v) is 3.58. The number of amides is 1. The van der Waals surface area contributed by atoms with Gasteiger partial charge in [0, 0.05) is 18.2 Å². The molecule has 2 N–H and O–H groups in total. The van der Waals surface area contributed by atoms with Gasteiger partial charge in [-0.05, 0) is 37.1 Å². The molecule has 0 radical (unpaired) electrons. The Hall–Kier alpha value is -1.35. The predicted octanol–water partition coefficient (Wildman–Crippen LogP) is 2.65. The van der Waals surface area contributed by atoms with E-state index in [0.717, 1.165) is 6.54 Å². The summed E-state index contributed by atoms with van der Waals surface area (Å²) in [6.45, 7) is 9.83. The fourth-order valence-electron chi connectivity index (χ4n) is 1.86. The van der Waals surface area contributed by atoms with Crippen LogP contribution in [-0.2, 0) is 6.54 Å². The highest BCUT2D eigenvalue weighted by Crippen LogP contribution is 2.24. The minimum absolute atomic E-state index is 0.252. The molecule has 0 saturated heterocycles. The van der Waals surface area contributed by atoms with E-state index in [-0.39, 0.29) is 11.3 Å². The highest BCUT2D eigenvalue weighted by molar-refractivity contribution is 5.92. The lowest BCUT2D eigenvalue weighted by Crippen LogP contribution is -2.38. The molecule has 0 heterocycles. The van der Waals surface area contributed by atoms with Crippen molar-refractivity contribution in [3.05, 3.63) is 35.4 Å². The zero-order valence-electron chi connectivity index (χ0n) is 12.0. The lowest BCUT2D eigenvalue weighted by atomic mass is 9.87. The Balaban J connectivity index is 2.70. The first-order chi connectivity index (χ1) is 8.21. The molecule has 0 aliphatic rings. The normalized spacial score (nSPS) is 13.7. The van der Waals surface area contributed by atoms with Crippen LogP contribution in [0.5, 0.6) is 0 Å². The van der Waals surface area contributed by atoms with Gasteiger partial charge in [-0.25, -0.2) is 0 Å². The number of hydrogen-bond acceptors (Lipinski definition) is 2. The second-order valence-electron chi connectivity index (χ2n) is 6.02. The average Bonchev–Trinajstić information content (AvgIpc) is 2.27. The molecule has 0 aromatic heterocycles. The van der Waals surface area contributed by atoms with Gasteiger partial charge in [0.05, 0.1) is 0 Å². The summed E-state index contributed by atoms with van der Waals surface area (Å²) in [5, 5.41) is 0.